The molecule has 0 saturated heterocycles. The summed E-state index contributed by atoms with van der Waals surface area (Å²) < 4.78 is 10.1. The van der Waals surface area contributed by atoms with Gasteiger partial charge in [0.25, 0.3) is 0 Å². The minimum atomic E-state index is -0.131. The topological polar surface area (TPSA) is 67.6 Å². The number of carbonyl (C=O) groups is 1. The summed E-state index contributed by atoms with van der Waals surface area (Å²) in [6.45, 7) is 2.70. The third-order valence-electron chi connectivity index (χ3n) is 2.90. The molecule has 0 saturated carbocycles. The molecule has 1 heterocycles. The van der Waals surface area contributed by atoms with Gasteiger partial charge in [-0.3, -0.25) is 9.69 Å². The fourth-order valence-corrected chi connectivity index (χ4v) is 1.99. The molecule has 0 fully saturated rings. The number of ether oxygens (including phenoxy) is 1. The fraction of sp³-hybridized carbons (Fsp3) is 0.333. The molecule has 112 valence electrons. The smallest absolute Gasteiger partial charge is 0.239 e. The van der Waals surface area contributed by atoms with E-state index in [0.29, 0.717) is 18.1 Å². The molecule has 0 bridgehead atoms. The van der Waals surface area contributed by atoms with Gasteiger partial charge < -0.3 is 14.6 Å². The number of rotatable bonds is 6. The van der Waals surface area contributed by atoms with Gasteiger partial charge in [-0.05, 0) is 31.7 Å². The Labute approximate surface area is 123 Å². The van der Waals surface area contributed by atoms with Gasteiger partial charge >= 0.3 is 0 Å². The lowest BCUT2D eigenvalue weighted by molar-refractivity contribution is -0.117. The van der Waals surface area contributed by atoms with Gasteiger partial charge in [0, 0.05) is 12.6 Å². The normalized spacial score (nSPS) is 10.7. The van der Waals surface area contributed by atoms with E-state index in [1.807, 2.05) is 36.2 Å². The second kappa shape index (κ2) is 6.90. The molecule has 1 aromatic heterocycles. The summed E-state index contributed by atoms with van der Waals surface area (Å²) in [7, 11) is 3.52. The standard InChI is InChI=1S/C15H19N3O3/c1-11-7-14(17-21-11)16-15(19)10-18(2)9-12-5-4-6-13(8-12)20-3/h4-8H,9-10H2,1-3H3,(H,16,17,19). The maximum absolute atomic E-state index is 11.9. The van der Waals surface area contributed by atoms with Crippen LogP contribution in [0, 0.1) is 6.92 Å². The molecule has 6 nitrogen and oxygen atoms in total. The highest BCUT2D eigenvalue weighted by molar-refractivity contribution is 5.91. The summed E-state index contributed by atoms with van der Waals surface area (Å²) >= 11 is 0. The first kappa shape index (κ1) is 15.1. The van der Waals surface area contributed by atoms with E-state index in [2.05, 4.69) is 10.5 Å². The summed E-state index contributed by atoms with van der Waals surface area (Å²) in [6.07, 6.45) is 0. The molecule has 1 amide bonds. The van der Waals surface area contributed by atoms with Crippen molar-refractivity contribution in [3.8, 4) is 5.75 Å². The number of hydrogen-bond acceptors (Lipinski definition) is 5. The van der Waals surface area contributed by atoms with Crippen LogP contribution in [0.25, 0.3) is 0 Å². The van der Waals surface area contributed by atoms with Gasteiger partial charge in [0.15, 0.2) is 5.82 Å². The summed E-state index contributed by atoms with van der Waals surface area (Å²) in [5.74, 6) is 1.78. The quantitative estimate of drug-likeness (QED) is 0.881. The second-order valence-corrected chi connectivity index (χ2v) is 4.89. The van der Waals surface area contributed by atoms with Crippen molar-refractivity contribution in [1.82, 2.24) is 10.1 Å². The predicted molar refractivity (Wildman–Crippen MR) is 79.2 cm³/mol. The van der Waals surface area contributed by atoms with Crippen LogP contribution in [0.3, 0.4) is 0 Å². The predicted octanol–water partition coefficient (Wildman–Crippen LogP) is 2.06. The summed E-state index contributed by atoms with van der Waals surface area (Å²) in [6, 6.07) is 9.45. The molecule has 0 radical (unpaired) electrons. The molecule has 0 aliphatic heterocycles. The van der Waals surface area contributed by atoms with Crippen LogP contribution in [-0.2, 0) is 11.3 Å². The Bertz CT molecular complexity index is 610. The van der Waals surface area contributed by atoms with Gasteiger partial charge in [-0.2, -0.15) is 0 Å². The summed E-state index contributed by atoms with van der Waals surface area (Å²) in [5.41, 5.74) is 1.09. The van der Waals surface area contributed by atoms with Crippen LogP contribution >= 0.6 is 0 Å². The SMILES string of the molecule is COc1cccc(CN(C)CC(=O)Nc2cc(C)on2)c1. The lowest BCUT2D eigenvalue weighted by Gasteiger charge is -2.16. The first-order chi connectivity index (χ1) is 10.1. The Balaban J connectivity index is 1.85. The number of aryl methyl sites for hydroxylation is 1. The van der Waals surface area contributed by atoms with E-state index in [1.54, 1.807) is 20.1 Å². The molecule has 1 aromatic carbocycles. The third kappa shape index (κ3) is 4.61. The van der Waals surface area contributed by atoms with E-state index >= 15 is 0 Å². The molecular weight excluding hydrogens is 270 g/mol. The van der Waals surface area contributed by atoms with E-state index in [9.17, 15) is 4.79 Å². The van der Waals surface area contributed by atoms with Gasteiger partial charge in [0.05, 0.1) is 13.7 Å². The van der Waals surface area contributed by atoms with Gasteiger partial charge in [0.2, 0.25) is 5.91 Å². The number of hydrogen-bond donors (Lipinski definition) is 1. The first-order valence-electron chi connectivity index (χ1n) is 6.61. The van der Waals surface area contributed by atoms with Crippen LogP contribution < -0.4 is 10.1 Å². The van der Waals surface area contributed by atoms with Crippen molar-refractivity contribution in [2.24, 2.45) is 0 Å². The van der Waals surface area contributed by atoms with Crippen molar-refractivity contribution in [3.05, 3.63) is 41.7 Å². The van der Waals surface area contributed by atoms with Crippen molar-refractivity contribution in [1.29, 1.82) is 0 Å². The zero-order chi connectivity index (χ0) is 15.2. The third-order valence-corrected chi connectivity index (χ3v) is 2.90. The molecule has 2 aromatic rings. The number of nitrogens with zero attached hydrogens (tertiary/aromatic N) is 2. The Kier molecular flexibility index (Phi) is 4.94. The van der Waals surface area contributed by atoms with Crippen LogP contribution in [0.2, 0.25) is 0 Å². The Morgan fingerprint density at radius 3 is 2.90 bits per heavy atom. The van der Waals surface area contributed by atoms with Gasteiger partial charge in [-0.15, -0.1) is 0 Å². The van der Waals surface area contributed by atoms with Crippen molar-refractivity contribution in [2.75, 3.05) is 26.0 Å². The van der Waals surface area contributed by atoms with E-state index < -0.39 is 0 Å². The van der Waals surface area contributed by atoms with E-state index in [-0.39, 0.29) is 12.5 Å². The van der Waals surface area contributed by atoms with Crippen molar-refractivity contribution < 1.29 is 14.1 Å². The Morgan fingerprint density at radius 2 is 2.24 bits per heavy atom. The zero-order valence-corrected chi connectivity index (χ0v) is 12.4. The zero-order valence-electron chi connectivity index (χ0n) is 12.4. The lowest BCUT2D eigenvalue weighted by Crippen LogP contribution is -2.29. The maximum Gasteiger partial charge on any atom is 0.239 e. The van der Waals surface area contributed by atoms with E-state index in [0.717, 1.165) is 11.3 Å². The summed E-state index contributed by atoms with van der Waals surface area (Å²) in [5, 5.41) is 6.42. The molecule has 6 heteroatoms. The van der Waals surface area contributed by atoms with Gasteiger partial charge in [-0.1, -0.05) is 17.3 Å². The average Bonchev–Trinajstić information content (AvgIpc) is 2.83. The monoisotopic (exact) mass is 289 g/mol. The largest absolute Gasteiger partial charge is 0.497 e. The first-order valence-corrected chi connectivity index (χ1v) is 6.61. The maximum atomic E-state index is 11.9. The molecule has 0 atom stereocenters. The van der Waals surface area contributed by atoms with Crippen LogP contribution in [-0.4, -0.2) is 36.7 Å². The fourth-order valence-electron chi connectivity index (χ4n) is 1.99. The molecule has 21 heavy (non-hydrogen) atoms. The average molecular weight is 289 g/mol. The van der Waals surface area contributed by atoms with Crippen LogP contribution in [0.15, 0.2) is 34.9 Å². The molecule has 2 rings (SSSR count). The van der Waals surface area contributed by atoms with E-state index in [1.165, 1.54) is 0 Å². The number of carbonyl (C=O) groups excluding carboxylic acids is 1. The highest BCUT2D eigenvalue weighted by Crippen LogP contribution is 2.14. The number of amides is 1. The molecule has 1 N–H and O–H groups in total. The van der Waals surface area contributed by atoms with E-state index in [4.69, 9.17) is 9.26 Å². The minimum absolute atomic E-state index is 0.131. The highest BCUT2D eigenvalue weighted by atomic mass is 16.5. The van der Waals surface area contributed by atoms with Crippen molar-refractivity contribution >= 4 is 11.7 Å². The highest BCUT2D eigenvalue weighted by Gasteiger charge is 2.10. The molecule has 0 spiro atoms. The summed E-state index contributed by atoms with van der Waals surface area (Å²) in [4.78, 5) is 13.8. The minimum Gasteiger partial charge on any atom is -0.497 e. The van der Waals surface area contributed by atoms with Gasteiger partial charge in [-0.25, -0.2) is 0 Å². The van der Waals surface area contributed by atoms with Crippen molar-refractivity contribution in [2.45, 2.75) is 13.5 Å². The van der Waals surface area contributed by atoms with Crippen molar-refractivity contribution in [3.63, 3.8) is 0 Å². The van der Waals surface area contributed by atoms with Crippen LogP contribution in [0.5, 0.6) is 5.75 Å². The molecule has 0 unspecified atom stereocenters. The van der Waals surface area contributed by atoms with Crippen LogP contribution in [0.1, 0.15) is 11.3 Å². The van der Waals surface area contributed by atoms with Gasteiger partial charge in [0.1, 0.15) is 11.5 Å². The number of aromatic nitrogens is 1. The molecule has 0 aliphatic rings. The number of likely N-dealkylation sites (N-methyl/N-ethyl adjacent to an activating group) is 1. The Hall–Kier alpha value is -2.34. The number of methoxy groups -OCH3 is 1. The molecule has 0 aliphatic carbocycles. The Morgan fingerprint density at radius 1 is 1.43 bits per heavy atom. The number of nitrogens with one attached hydrogen (secondary N) is 1. The number of anilines is 1. The number of benzene rings is 1. The van der Waals surface area contributed by atoms with Crippen LogP contribution in [0.4, 0.5) is 5.82 Å². The molecular formula is C15H19N3O3. The lowest BCUT2D eigenvalue weighted by atomic mass is 10.2. The second-order valence-electron chi connectivity index (χ2n) is 4.89.